The lowest BCUT2D eigenvalue weighted by molar-refractivity contribution is -0.129. The summed E-state index contributed by atoms with van der Waals surface area (Å²) in [6.45, 7) is 4.16. The second kappa shape index (κ2) is 12.0. The van der Waals surface area contributed by atoms with E-state index >= 15 is 0 Å². The van der Waals surface area contributed by atoms with Gasteiger partial charge in [-0.25, -0.2) is 10.2 Å². The number of nitrogens with one attached hydrogen (secondary N) is 1. The molecule has 170 valence electrons. The number of nitrogens with zero attached hydrogens (tertiary/aromatic N) is 1. The zero-order valence-electron chi connectivity index (χ0n) is 18.6. The largest absolute Gasteiger partial charge is 0.484 e. The molecule has 0 radical (unpaired) electrons. The Kier molecular flexibility index (Phi) is 8.59. The molecule has 0 fully saturated rings. The minimum absolute atomic E-state index is 0.153. The lowest BCUT2D eigenvalue weighted by Crippen LogP contribution is -2.24. The average Bonchev–Trinajstić information content (AvgIpc) is 3.35. The maximum Gasteiger partial charge on any atom is 0.336 e. The van der Waals surface area contributed by atoms with E-state index in [1.54, 1.807) is 36.4 Å². The third-order valence-corrected chi connectivity index (χ3v) is 4.84. The van der Waals surface area contributed by atoms with Gasteiger partial charge in [-0.1, -0.05) is 38.1 Å². The van der Waals surface area contributed by atoms with Gasteiger partial charge in [-0.3, -0.25) is 4.79 Å². The summed E-state index contributed by atoms with van der Waals surface area (Å²) < 4.78 is 15.9. The first-order chi connectivity index (χ1) is 16.0. The predicted octanol–water partition coefficient (Wildman–Crippen LogP) is 4.94. The molecule has 0 spiro atoms. The molecular formula is C26H26N2O5. The molecule has 2 aromatic carbocycles. The molecule has 7 nitrogen and oxygen atoms in total. The number of benzene rings is 2. The SMILES string of the molecule is CCC(C)c1ccc(OCC(=O)NN=Cc2cccc(OC(=O)C=Cc3ccco3)c2)cc1. The van der Waals surface area contributed by atoms with Gasteiger partial charge in [0.05, 0.1) is 12.5 Å². The number of ether oxygens (including phenoxy) is 2. The number of carbonyl (C=O) groups excluding carboxylic acids is 2. The van der Waals surface area contributed by atoms with E-state index in [4.69, 9.17) is 13.9 Å². The Morgan fingerprint density at radius 1 is 1.09 bits per heavy atom. The van der Waals surface area contributed by atoms with Crippen molar-refractivity contribution in [2.24, 2.45) is 5.10 Å². The van der Waals surface area contributed by atoms with Crippen molar-refractivity contribution >= 4 is 24.2 Å². The highest BCUT2D eigenvalue weighted by atomic mass is 16.5. The monoisotopic (exact) mass is 446 g/mol. The van der Waals surface area contributed by atoms with Gasteiger partial charge in [0.1, 0.15) is 17.3 Å². The number of rotatable bonds is 10. The van der Waals surface area contributed by atoms with Crippen LogP contribution in [0.4, 0.5) is 0 Å². The molecular weight excluding hydrogens is 420 g/mol. The zero-order chi connectivity index (χ0) is 23.5. The standard InChI is InChI=1S/C26H26N2O5/c1-3-19(2)21-9-11-23(12-10-21)32-18-25(29)28-27-17-20-6-4-7-24(16-20)33-26(30)14-13-22-8-5-15-31-22/h4-17,19H,3,18H2,1-2H3,(H,28,29). The first kappa shape index (κ1) is 23.5. The van der Waals surface area contributed by atoms with E-state index in [0.717, 1.165) is 6.42 Å². The first-order valence-corrected chi connectivity index (χ1v) is 10.6. The van der Waals surface area contributed by atoms with Gasteiger partial charge in [0.25, 0.3) is 5.91 Å². The number of amides is 1. The van der Waals surface area contributed by atoms with Crippen LogP contribution in [0.1, 0.15) is 43.1 Å². The third kappa shape index (κ3) is 7.81. The van der Waals surface area contributed by atoms with Crippen molar-refractivity contribution in [1.82, 2.24) is 5.43 Å². The number of carbonyl (C=O) groups is 2. The highest BCUT2D eigenvalue weighted by Gasteiger charge is 2.05. The van der Waals surface area contributed by atoms with E-state index in [9.17, 15) is 9.59 Å². The van der Waals surface area contributed by atoms with Gasteiger partial charge < -0.3 is 13.9 Å². The fourth-order valence-corrected chi connectivity index (χ4v) is 2.83. The summed E-state index contributed by atoms with van der Waals surface area (Å²) in [6, 6.07) is 17.9. The molecule has 1 unspecified atom stereocenters. The molecule has 1 N–H and O–H groups in total. The number of hydrogen-bond donors (Lipinski definition) is 1. The van der Waals surface area contributed by atoms with E-state index in [1.165, 1.54) is 30.2 Å². The third-order valence-electron chi connectivity index (χ3n) is 4.84. The molecule has 0 saturated carbocycles. The fourth-order valence-electron chi connectivity index (χ4n) is 2.83. The normalized spacial score (nSPS) is 12.1. The number of hydrogen-bond acceptors (Lipinski definition) is 6. The molecule has 1 aromatic heterocycles. The Balaban J connectivity index is 1.45. The van der Waals surface area contributed by atoms with Gasteiger partial charge in [-0.15, -0.1) is 0 Å². The van der Waals surface area contributed by atoms with E-state index in [-0.39, 0.29) is 12.5 Å². The van der Waals surface area contributed by atoms with Crippen LogP contribution in [-0.2, 0) is 9.59 Å². The van der Waals surface area contributed by atoms with Gasteiger partial charge in [-0.2, -0.15) is 5.10 Å². The zero-order valence-corrected chi connectivity index (χ0v) is 18.6. The number of esters is 1. The van der Waals surface area contributed by atoms with Gasteiger partial charge in [0.15, 0.2) is 6.61 Å². The lowest BCUT2D eigenvalue weighted by atomic mass is 9.99. The average molecular weight is 447 g/mol. The van der Waals surface area contributed by atoms with Crippen molar-refractivity contribution in [3.8, 4) is 11.5 Å². The number of hydrazone groups is 1. The highest BCUT2D eigenvalue weighted by Crippen LogP contribution is 2.21. The minimum atomic E-state index is -0.539. The van der Waals surface area contributed by atoms with Crippen LogP contribution in [-0.4, -0.2) is 24.7 Å². The molecule has 1 heterocycles. The van der Waals surface area contributed by atoms with Crippen LogP contribution >= 0.6 is 0 Å². The molecule has 0 aliphatic carbocycles. The van der Waals surface area contributed by atoms with Crippen LogP contribution in [0.25, 0.3) is 6.08 Å². The maximum atomic E-state index is 12.0. The van der Waals surface area contributed by atoms with Crippen molar-refractivity contribution in [1.29, 1.82) is 0 Å². The van der Waals surface area contributed by atoms with Crippen molar-refractivity contribution < 1.29 is 23.5 Å². The van der Waals surface area contributed by atoms with Crippen molar-refractivity contribution in [2.45, 2.75) is 26.2 Å². The quantitative estimate of drug-likeness (QED) is 0.157. The lowest BCUT2D eigenvalue weighted by Gasteiger charge is -2.10. The first-order valence-electron chi connectivity index (χ1n) is 10.6. The molecule has 7 heteroatoms. The molecule has 0 bridgehead atoms. The van der Waals surface area contributed by atoms with Crippen LogP contribution in [0.3, 0.4) is 0 Å². The van der Waals surface area contributed by atoms with E-state index in [0.29, 0.717) is 28.7 Å². The molecule has 3 aromatic rings. The summed E-state index contributed by atoms with van der Waals surface area (Å²) in [5.74, 6) is 1.08. The van der Waals surface area contributed by atoms with Crippen molar-refractivity contribution in [2.75, 3.05) is 6.61 Å². The van der Waals surface area contributed by atoms with Gasteiger partial charge in [-0.05, 0) is 65.9 Å². The van der Waals surface area contributed by atoms with E-state index in [1.807, 2.05) is 24.3 Å². The molecule has 1 amide bonds. The second-order valence-electron chi connectivity index (χ2n) is 7.30. The van der Waals surface area contributed by atoms with Gasteiger partial charge in [0, 0.05) is 6.08 Å². The van der Waals surface area contributed by atoms with Crippen LogP contribution in [0, 0.1) is 0 Å². The second-order valence-corrected chi connectivity index (χ2v) is 7.30. The van der Waals surface area contributed by atoms with Crippen LogP contribution in [0.15, 0.2) is 82.5 Å². The summed E-state index contributed by atoms with van der Waals surface area (Å²) in [5.41, 5.74) is 4.30. The van der Waals surface area contributed by atoms with Crippen molar-refractivity contribution in [3.63, 3.8) is 0 Å². The Morgan fingerprint density at radius 2 is 1.91 bits per heavy atom. The number of furan rings is 1. The minimum Gasteiger partial charge on any atom is -0.484 e. The molecule has 0 aliphatic rings. The summed E-state index contributed by atoms with van der Waals surface area (Å²) in [5, 5.41) is 3.92. The van der Waals surface area contributed by atoms with E-state index < -0.39 is 5.97 Å². The Morgan fingerprint density at radius 3 is 2.64 bits per heavy atom. The maximum absolute atomic E-state index is 12.0. The van der Waals surface area contributed by atoms with Crippen molar-refractivity contribution in [3.05, 3.63) is 89.9 Å². The Hall–Kier alpha value is -4.13. The summed E-state index contributed by atoms with van der Waals surface area (Å²) >= 11 is 0. The summed E-state index contributed by atoms with van der Waals surface area (Å²) in [6.07, 6.45) is 6.83. The van der Waals surface area contributed by atoms with Crippen LogP contribution < -0.4 is 14.9 Å². The molecule has 0 saturated heterocycles. The Bertz CT molecular complexity index is 1100. The highest BCUT2D eigenvalue weighted by molar-refractivity contribution is 5.89. The smallest absolute Gasteiger partial charge is 0.336 e. The van der Waals surface area contributed by atoms with E-state index in [2.05, 4.69) is 24.4 Å². The molecule has 33 heavy (non-hydrogen) atoms. The predicted molar refractivity (Wildman–Crippen MR) is 126 cm³/mol. The van der Waals surface area contributed by atoms with Gasteiger partial charge >= 0.3 is 5.97 Å². The van der Waals surface area contributed by atoms with Crippen LogP contribution in [0.5, 0.6) is 11.5 Å². The topological polar surface area (TPSA) is 90.1 Å². The fraction of sp³-hybridized carbons (Fsp3) is 0.192. The van der Waals surface area contributed by atoms with Gasteiger partial charge in [0.2, 0.25) is 0 Å². The molecule has 0 aliphatic heterocycles. The summed E-state index contributed by atoms with van der Waals surface area (Å²) in [7, 11) is 0. The molecule has 1 atom stereocenters. The molecule has 3 rings (SSSR count). The Labute approximate surface area is 192 Å². The van der Waals surface area contributed by atoms with Crippen LogP contribution in [0.2, 0.25) is 0 Å². The summed E-state index contributed by atoms with van der Waals surface area (Å²) in [4.78, 5) is 23.9.